The summed E-state index contributed by atoms with van der Waals surface area (Å²) < 4.78 is 2.37. The summed E-state index contributed by atoms with van der Waals surface area (Å²) in [5.74, 6) is 0. The SMILES string of the molecule is C=CCC1(C)C(/C=C/c2cccs2)=[N+](C)c2c1ccc1ccccc21. The number of hydrogen-bond donors (Lipinski definition) is 0. The monoisotopic (exact) mass is 344 g/mol. The fourth-order valence-corrected chi connectivity index (χ4v) is 4.65. The van der Waals surface area contributed by atoms with Crippen molar-refractivity contribution >= 4 is 39.6 Å². The highest BCUT2D eigenvalue weighted by Crippen LogP contribution is 2.45. The van der Waals surface area contributed by atoms with Gasteiger partial charge in [0.2, 0.25) is 5.69 Å². The summed E-state index contributed by atoms with van der Waals surface area (Å²) in [4.78, 5) is 1.28. The van der Waals surface area contributed by atoms with E-state index in [4.69, 9.17) is 0 Å². The molecule has 0 spiro atoms. The van der Waals surface area contributed by atoms with E-state index >= 15 is 0 Å². The molecule has 124 valence electrons. The fourth-order valence-electron chi connectivity index (χ4n) is 4.04. The minimum atomic E-state index is -0.0520. The molecule has 1 aromatic heterocycles. The first kappa shape index (κ1) is 16.0. The van der Waals surface area contributed by atoms with Crippen molar-refractivity contribution < 1.29 is 4.58 Å². The smallest absolute Gasteiger partial charge is 0.197 e. The summed E-state index contributed by atoms with van der Waals surface area (Å²) in [6, 6.07) is 17.4. The van der Waals surface area contributed by atoms with Gasteiger partial charge >= 0.3 is 0 Å². The number of hydrogen-bond acceptors (Lipinski definition) is 1. The normalized spacial score (nSPS) is 19.8. The minimum Gasteiger partial charge on any atom is -0.197 e. The van der Waals surface area contributed by atoms with Crippen molar-refractivity contribution in [3.05, 3.63) is 83.1 Å². The number of nitrogens with zero attached hydrogens (tertiary/aromatic N) is 1. The maximum Gasteiger partial charge on any atom is 0.217 e. The van der Waals surface area contributed by atoms with Gasteiger partial charge < -0.3 is 0 Å². The second kappa shape index (κ2) is 6.12. The molecule has 0 amide bonds. The van der Waals surface area contributed by atoms with E-state index in [9.17, 15) is 0 Å². The third-order valence-electron chi connectivity index (χ3n) is 5.26. The topological polar surface area (TPSA) is 3.01 Å². The van der Waals surface area contributed by atoms with Gasteiger partial charge in [0.05, 0.1) is 10.8 Å². The highest BCUT2D eigenvalue weighted by molar-refractivity contribution is 7.10. The Bertz CT molecular complexity index is 1010. The maximum absolute atomic E-state index is 4.02. The molecule has 25 heavy (non-hydrogen) atoms. The second-order valence-corrected chi connectivity index (χ2v) is 7.78. The van der Waals surface area contributed by atoms with E-state index in [1.807, 2.05) is 6.08 Å². The van der Waals surface area contributed by atoms with Crippen LogP contribution in [0.1, 0.15) is 23.8 Å². The standard InChI is InChI=1S/C23H22NS/c1-4-15-23(2)20-13-11-17-8-5-6-10-19(17)22(20)24(3)21(23)14-12-18-9-7-16-25-18/h4-14,16H,1,15H2,2-3H3/q+1/b14-12+. The number of thiophene rings is 1. The fraction of sp³-hybridized carbons (Fsp3) is 0.174. The first-order valence-corrected chi connectivity index (χ1v) is 9.49. The number of fused-ring (bicyclic) bond motifs is 3. The van der Waals surface area contributed by atoms with Crippen LogP contribution in [0.5, 0.6) is 0 Å². The van der Waals surface area contributed by atoms with Crippen LogP contribution >= 0.6 is 11.3 Å². The average molecular weight is 345 g/mol. The zero-order valence-electron chi connectivity index (χ0n) is 14.7. The van der Waals surface area contributed by atoms with E-state index in [2.05, 4.69) is 91.2 Å². The zero-order chi connectivity index (χ0) is 17.4. The molecule has 0 saturated heterocycles. The Morgan fingerprint density at radius 2 is 1.92 bits per heavy atom. The van der Waals surface area contributed by atoms with Crippen molar-refractivity contribution in [3.8, 4) is 0 Å². The summed E-state index contributed by atoms with van der Waals surface area (Å²) in [5, 5.41) is 4.73. The van der Waals surface area contributed by atoms with E-state index in [1.165, 1.54) is 32.6 Å². The van der Waals surface area contributed by atoms with Gasteiger partial charge in [0.25, 0.3) is 0 Å². The molecule has 0 fully saturated rings. The molecule has 0 saturated carbocycles. The van der Waals surface area contributed by atoms with Crippen molar-refractivity contribution in [2.24, 2.45) is 0 Å². The van der Waals surface area contributed by atoms with Gasteiger partial charge in [0, 0.05) is 16.5 Å². The average Bonchev–Trinajstić information content (AvgIpc) is 3.20. The molecule has 2 heterocycles. The highest BCUT2D eigenvalue weighted by Gasteiger charge is 2.46. The van der Waals surface area contributed by atoms with Crippen molar-refractivity contribution in [2.45, 2.75) is 18.8 Å². The molecular formula is C23H22NS+. The van der Waals surface area contributed by atoms with Gasteiger partial charge in [-0.2, -0.15) is 4.58 Å². The molecule has 1 unspecified atom stereocenters. The lowest BCUT2D eigenvalue weighted by Gasteiger charge is -2.20. The molecule has 2 aromatic carbocycles. The summed E-state index contributed by atoms with van der Waals surface area (Å²) in [6.45, 7) is 6.35. The molecule has 4 rings (SSSR count). The predicted octanol–water partition coefficient (Wildman–Crippen LogP) is 6.18. The number of allylic oxidation sites excluding steroid dienone is 2. The van der Waals surface area contributed by atoms with Crippen molar-refractivity contribution in [3.63, 3.8) is 0 Å². The van der Waals surface area contributed by atoms with Gasteiger partial charge in [-0.05, 0) is 42.3 Å². The van der Waals surface area contributed by atoms with Crippen LogP contribution in [-0.4, -0.2) is 17.3 Å². The van der Waals surface area contributed by atoms with Gasteiger partial charge in [-0.1, -0.05) is 42.5 Å². The largest absolute Gasteiger partial charge is 0.217 e. The Kier molecular flexibility index (Phi) is 3.93. The Labute approximate surface area is 153 Å². The van der Waals surface area contributed by atoms with Crippen molar-refractivity contribution in [1.82, 2.24) is 0 Å². The molecule has 1 nitrogen and oxygen atoms in total. The van der Waals surface area contributed by atoms with Crippen molar-refractivity contribution in [1.29, 1.82) is 0 Å². The Morgan fingerprint density at radius 3 is 2.68 bits per heavy atom. The molecule has 1 aliphatic rings. The lowest BCUT2D eigenvalue weighted by atomic mass is 9.76. The van der Waals surface area contributed by atoms with E-state index in [-0.39, 0.29) is 5.41 Å². The first-order chi connectivity index (χ1) is 12.1. The molecule has 3 aromatic rings. The van der Waals surface area contributed by atoms with E-state index < -0.39 is 0 Å². The van der Waals surface area contributed by atoms with Gasteiger partial charge in [0.15, 0.2) is 5.71 Å². The molecule has 0 aliphatic carbocycles. The van der Waals surface area contributed by atoms with Crippen LogP contribution in [0, 0.1) is 0 Å². The molecule has 1 atom stereocenters. The Balaban J connectivity index is 1.95. The minimum absolute atomic E-state index is 0.0520. The van der Waals surface area contributed by atoms with Crippen LogP contribution in [0.25, 0.3) is 16.8 Å². The molecule has 1 aliphatic heterocycles. The van der Waals surface area contributed by atoms with Gasteiger partial charge in [-0.25, -0.2) is 0 Å². The summed E-state index contributed by atoms with van der Waals surface area (Å²) >= 11 is 1.77. The highest BCUT2D eigenvalue weighted by atomic mass is 32.1. The number of rotatable bonds is 4. The Hall–Kier alpha value is -2.45. The first-order valence-electron chi connectivity index (χ1n) is 8.61. The maximum atomic E-state index is 4.02. The summed E-state index contributed by atoms with van der Waals surface area (Å²) in [6.07, 6.45) is 7.47. The van der Waals surface area contributed by atoms with Crippen LogP contribution in [0.15, 0.2) is 72.6 Å². The van der Waals surface area contributed by atoms with Crippen LogP contribution in [0.3, 0.4) is 0 Å². The van der Waals surface area contributed by atoms with Crippen LogP contribution in [0.4, 0.5) is 5.69 Å². The summed E-state index contributed by atoms with van der Waals surface area (Å²) in [7, 11) is 2.19. The molecule has 0 bridgehead atoms. The van der Waals surface area contributed by atoms with E-state index in [0.717, 1.165) is 6.42 Å². The summed E-state index contributed by atoms with van der Waals surface area (Å²) in [5.41, 5.74) is 3.99. The number of benzene rings is 2. The Morgan fingerprint density at radius 1 is 1.08 bits per heavy atom. The molecule has 2 heteroatoms. The van der Waals surface area contributed by atoms with Crippen LogP contribution in [-0.2, 0) is 5.41 Å². The second-order valence-electron chi connectivity index (χ2n) is 6.80. The van der Waals surface area contributed by atoms with Crippen LogP contribution < -0.4 is 0 Å². The lowest BCUT2D eigenvalue weighted by molar-refractivity contribution is -0.399. The van der Waals surface area contributed by atoms with Gasteiger partial charge in [-0.15, -0.1) is 17.9 Å². The van der Waals surface area contributed by atoms with Crippen LogP contribution in [0.2, 0.25) is 0 Å². The zero-order valence-corrected chi connectivity index (χ0v) is 15.5. The molecule has 0 radical (unpaired) electrons. The predicted molar refractivity (Wildman–Crippen MR) is 110 cm³/mol. The molecule has 0 N–H and O–H groups in total. The third-order valence-corrected chi connectivity index (χ3v) is 6.10. The quantitative estimate of drug-likeness (QED) is 0.393. The van der Waals surface area contributed by atoms with Gasteiger partial charge in [-0.3, -0.25) is 0 Å². The van der Waals surface area contributed by atoms with E-state index in [0.29, 0.717) is 0 Å². The molecular weight excluding hydrogens is 322 g/mol. The lowest BCUT2D eigenvalue weighted by Crippen LogP contribution is -2.29. The van der Waals surface area contributed by atoms with Crippen molar-refractivity contribution in [2.75, 3.05) is 7.05 Å². The third kappa shape index (κ3) is 2.49. The van der Waals surface area contributed by atoms with E-state index in [1.54, 1.807) is 11.3 Å². The van der Waals surface area contributed by atoms with Gasteiger partial charge in [0.1, 0.15) is 7.05 Å².